The molecule has 0 amide bonds. The van der Waals surface area contributed by atoms with Crippen LogP contribution in [-0.4, -0.2) is 35.4 Å². The highest BCUT2D eigenvalue weighted by Crippen LogP contribution is 2.28. The van der Waals surface area contributed by atoms with Crippen molar-refractivity contribution in [1.29, 1.82) is 0 Å². The third-order valence-corrected chi connectivity index (χ3v) is 3.21. The molecule has 3 heteroatoms. The van der Waals surface area contributed by atoms with Gasteiger partial charge in [0.05, 0.1) is 0 Å². The van der Waals surface area contributed by atoms with Crippen LogP contribution in [-0.2, 0) is 0 Å². The molecular weight excluding hydrogens is 200 g/mol. The van der Waals surface area contributed by atoms with E-state index in [2.05, 4.69) is 38.3 Å². The van der Waals surface area contributed by atoms with Crippen LogP contribution in [0.5, 0.6) is 0 Å². The van der Waals surface area contributed by atoms with Gasteiger partial charge in [-0.25, -0.2) is 0 Å². The molecule has 0 aromatic rings. The molecule has 0 bridgehead atoms. The molecule has 1 heterocycles. The fourth-order valence-corrected chi connectivity index (χ4v) is 3.01. The smallest absolute Gasteiger partial charge is 0.0431 e. The summed E-state index contributed by atoms with van der Waals surface area (Å²) >= 11 is 0. The summed E-state index contributed by atoms with van der Waals surface area (Å²) in [5.74, 6) is 0. The first-order valence-electron chi connectivity index (χ1n) is 6.48. The van der Waals surface area contributed by atoms with Gasteiger partial charge >= 0.3 is 0 Å². The second kappa shape index (κ2) is 5.48. The monoisotopic (exact) mass is 228 g/mol. The molecule has 3 nitrogen and oxygen atoms in total. The third-order valence-electron chi connectivity index (χ3n) is 3.21. The molecule has 0 saturated carbocycles. The van der Waals surface area contributed by atoms with E-state index >= 15 is 0 Å². The van der Waals surface area contributed by atoms with E-state index in [0.29, 0.717) is 12.6 Å². The van der Waals surface area contributed by atoms with Crippen molar-refractivity contribution in [2.24, 2.45) is 0 Å². The molecule has 0 unspecified atom stereocenters. The van der Waals surface area contributed by atoms with Gasteiger partial charge in [-0.15, -0.1) is 0 Å². The molecule has 0 atom stereocenters. The Kier molecular flexibility index (Phi) is 4.77. The first-order chi connectivity index (χ1) is 7.35. The van der Waals surface area contributed by atoms with E-state index in [1.165, 1.54) is 12.8 Å². The summed E-state index contributed by atoms with van der Waals surface area (Å²) in [4.78, 5) is 0. The standard InChI is InChI=1S/C13H28N2O/c1-12(2)9-11(10-13(3,4)15-12)14-7-5-6-8-16/h11,14-16H,5-10H2,1-4H3. The van der Waals surface area contributed by atoms with E-state index in [9.17, 15) is 0 Å². The van der Waals surface area contributed by atoms with Gasteiger partial charge in [0.1, 0.15) is 0 Å². The number of hydrogen-bond acceptors (Lipinski definition) is 3. The van der Waals surface area contributed by atoms with Gasteiger partial charge in [-0.05, 0) is 59.9 Å². The second-order valence-corrected chi connectivity index (χ2v) is 6.38. The van der Waals surface area contributed by atoms with Crippen molar-refractivity contribution >= 4 is 0 Å². The average molecular weight is 228 g/mol. The fraction of sp³-hybridized carbons (Fsp3) is 1.00. The Morgan fingerprint density at radius 3 is 2.19 bits per heavy atom. The maximum atomic E-state index is 8.73. The van der Waals surface area contributed by atoms with Crippen molar-refractivity contribution in [1.82, 2.24) is 10.6 Å². The van der Waals surface area contributed by atoms with Crippen LogP contribution in [0.25, 0.3) is 0 Å². The minimum atomic E-state index is 0.219. The number of piperidine rings is 1. The summed E-state index contributed by atoms with van der Waals surface area (Å²) in [7, 11) is 0. The Balaban J connectivity index is 2.36. The van der Waals surface area contributed by atoms with E-state index in [1.807, 2.05) is 0 Å². The molecule has 1 aliphatic heterocycles. The predicted octanol–water partition coefficient (Wildman–Crippen LogP) is 1.66. The van der Waals surface area contributed by atoms with Gasteiger partial charge in [0.25, 0.3) is 0 Å². The van der Waals surface area contributed by atoms with Crippen LogP contribution >= 0.6 is 0 Å². The van der Waals surface area contributed by atoms with Crippen molar-refractivity contribution in [2.75, 3.05) is 13.2 Å². The van der Waals surface area contributed by atoms with Crippen molar-refractivity contribution < 1.29 is 5.11 Å². The van der Waals surface area contributed by atoms with Crippen molar-refractivity contribution in [2.45, 2.75) is 70.5 Å². The minimum absolute atomic E-state index is 0.219. The molecule has 0 aromatic carbocycles. The van der Waals surface area contributed by atoms with E-state index in [0.717, 1.165) is 19.4 Å². The summed E-state index contributed by atoms with van der Waals surface area (Å²) in [5.41, 5.74) is 0.437. The molecule has 1 aliphatic rings. The topological polar surface area (TPSA) is 44.3 Å². The number of aliphatic hydroxyl groups excluding tert-OH is 1. The number of aliphatic hydroxyl groups is 1. The quantitative estimate of drug-likeness (QED) is 0.627. The van der Waals surface area contributed by atoms with Gasteiger partial charge < -0.3 is 15.7 Å². The van der Waals surface area contributed by atoms with Crippen LogP contribution in [0.2, 0.25) is 0 Å². The summed E-state index contributed by atoms with van der Waals surface area (Å²) in [6, 6.07) is 0.602. The Labute approximate surface area is 100 Å². The molecule has 1 fully saturated rings. The van der Waals surface area contributed by atoms with Crippen LogP contribution in [0.4, 0.5) is 0 Å². The SMILES string of the molecule is CC1(C)CC(NCCCCO)CC(C)(C)N1. The molecule has 3 N–H and O–H groups in total. The lowest BCUT2D eigenvalue weighted by Gasteiger charge is -2.46. The zero-order valence-electron chi connectivity index (χ0n) is 11.3. The lowest BCUT2D eigenvalue weighted by molar-refractivity contribution is 0.145. The van der Waals surface area contributed by atoms with Gasteiger partial charge in [-0.2, -0.15) is 0 Å². The van der Waals surface area contributed by atoms with Crippen LogP contribution in [0.1, 0.15) is 53.4 Å². The first kappa shape index (κ1) is 13.9. The van der Waals surface area contributed by atoms with Gasteiger partial charge in [0.2, 0.25) is 0 Å². The number of hydrogen-bond donors (Lipinski definition) is 3. The number of nitrogens with one attached hydrogen (secondary N) is 2. The van der Waals surface area contributed by atoms with E-state index in [-0.39, 0.29) is 11.1 Å². The minimum Gasteiger partial charge on any atom is -0.396 e. The van der Waals surface area contributed by atoms with Crippen molar-refractivity contribution in [3.8, 4) is 0 Å². The normalized spacial score (nSPS) is 24.6. The van der Waals surface area contributed by atoms with Crippen molar-refractivity contribution in [3.05, 3.63) is 0 Å². The number of unbranched alkanes of at least 4 members (excludes halogenated alkanes) is 1. The molecule has 16 heavy (non-hydrogen) atoms. The Bertz CT molecular complexity index is 198. The van der Waals surface area contributed by atoms with Crippen LogP contribution in [0, 0.1) is 0 Å². The van der Waals surface area contributed by atoms with E-state index < -0.39 is 0 Å². The fourth-order valence-electron chi connectivity index (χ4n) is 3.01. The molecule has 96 valence electrons. The lowest BCUT2D eigenvalue weighted by atomic mass is 9.79. The highest BCUT2D eigenvalue weighted by molar-refractivity contribution is 4.99. The average Bonchev–Trinajstić information content (AvgIpc) is 2.07. The van der Waals surface area contributed by atoms with E-state index in [4.69, 9.17) is 5.11 Å². The molecule has 0 aromatic heterocycles. The molecule has 0 spiro atoms. The first-order valence-corrected chi connectivity index (χ1v) is 6.48. The highest BCUT2D eigenvalue weighted by Gasteiger charge is 2.37. The van der Waals surface area contributed by atoms with E-state index in [1.54, 1.807) is 0 Å². The highest BCUT2D eigenvalue weighted by atomic mass is 16.2. The largest absolute Gasteiger partial charge is 0.396 e. The Morgan fingerprint density at radius 1 is 1.12 bits per heavy atom. The van der Waals surface area contributed by atoms with Gasteiger partial charge in [-0.1, -0.05) is 0 Å². The molecule has 1 saturated heterocycles. The molecular formula is C13H28N2O. The molecule has 1 rings (SSSR count). The van der Waals surface area contributed by atoms with Crippen LogP contribution < -0.4 is 10.6 Å². The lowest BCUT2D eigenvalue weighted by Crippen LogP contribution is -2.61. The van der Waals surface area contributed by atoms with Crippen LogP contribution in [0.15, 0.2) is 0 Å². The molecule has 0 radical (unpaired) electrons. The summed E-state index contributed by atoms with van der Waals surface area (Å²) in [6.07, 6.45) is 4.33. The Morgan fingerprint density at radius 2 is 1.69 bits per heavy atom. The van der Waals surface area contributed by atoms with Gasteiger partial charge in [-0.3, -0.25) is 0 Å². The second-order valence-electron chi connectivity index (χ2n) is 6.38. The zero-order chi connectivity index (χ0) is 12.2. The number of rotatable bonds is 5. The zero-order valence-corrected chi connectivity index (χ0v) is 11.3. The van der Waals surface area contributed by atoms with Crippen molar-refractivity contribution in [3.63, 3.8) is 0 Å². The summed E-state index contributed by atoms with van der Waals surface area (Å²) in [5, 5.41) is 16.0. The Hall–Kier alpha value is -0.120. The predicted molar refractivity (Wildman–Crippen MR) is 68.6 cm³/mol. The maximum Gasteiger partial charge on any atom is 0.0431 e. The maximum absolute atomic E-state index is 8.73. The summed E-state index contributed by atoms with van der Waals surface area (Å²) in [6.45, 7) is 10.4. The third kappa shape index (κ3) is 4.81. The van der Waals surface area contributed by atoms with Gasteiger partial charge in [0.15, 0.2) is 0 Å². The molecule has 0 aliphatic carbocycles. The van der Waals surface area contributed by atoms with Gasteiger partial charge in [0, 0.05) is 23.7 Å². The summed E-state index contributed by atoms with van der Waals surface area (Å²) < 4.78 is 0. The van der Waals surface area contributed by atoms with Crippen LogP contribution in [0.3, 0.4) is 0 Å².